The summed E-state index contributed by atoms with van der Waals surface area (Å²) >= 11 is 1.48. The molecule has 0 unspecified atom stereocenters. The Morgan fingerprint density at radius 1 is 1.00 bits per heavy atom. The van der Waals surface area contributed by atoms with Gasteiger partial charge in [-0.3, -0.25) is 19.5 Å². The smallest absolute Gasteiger partial charge is 0.234 e. The predicted octanol–water partition coefficient (Wildman–Crippen LogP) is 5.72. The molecule has 0 bridgehead atoms. The Kier molecular flexibility index (Phi) is 9.73. The number of carbonyl (C=O) groups excluding carboxylic acids is 2. The summed E-state index contributed by atoms with van der Waals surface area (Å²) in [5.41, 5.74) is 3.43. The topological polar surface area (TPSA) is 120 Å². The van der Waals surface area contributed by atoms with E-state index in [9.17, 15) is 24.9 Å². The summed E-state index contributed by atoms with van der Waals surface area (Å²) in [5, 5.41) is 35.0. The number of para-hydroxylation sites is 2. The molecule has 1 aliphatic heterocycles. The number of likely N-dealkylation sites (tertiary alicyclic amines) is 1. The van der Waals surface area contributed by atoms with E-state index >= 15 is 0 Å². The highest BCUT2D eigenvalue weighted by molar-refractivity contribution is 7.09. The number of phenols is 1. The van der Waals surface area contributed by atoms with Crippen molar-refractivity contribution in [2.75, 3.05) is 13.2 Å². The highest BCUT2D eigenvalue weighted by Crippen LogP contribution is 2.47. The number of amides is 2. The van der Waals surface area contributed by atoms with E-state index in [0.717, 1.165) is 16.0 Å². The number of benzene rings is 2. The number of carbonyl (C=O) groups is 2. The molecule has 3 heterocycles. The molecule has 0 spiro atoms. The van der Waals surface area contributed by atoms with E-state index in [1.54, 1.807) is 18.3 Å². The van der Waals surface area contributed by atoms with E-state index in [1.165, 1.54) is 16.2 Å². The zero-order valence-corrected chi connectivity index (χ0v) is 26.1. The van der Waals surface area contributed by atoms with Gasteiger partial charge in [0, 0.05) is 22.6 Å². The SMILES string of the molecule is O=C1[C@@H]2[C@@H](CC(COc3ccccc3)=C([C@H](O)CC/C(=C/c3ccccc3O)c3ccccn3)[C@@H]2CO)C(=O)N1Cc1cccs1. The first-order valence-electron chi connectivity index (χ1n) is 15.4. The van der Waals surface area contributed by atoms with Crippen LogP contribution in [-0.4, -0.2) is 56.3 Å². The van der Waals surface area contributed by atoms with Crippen LogP contribution in [0.25, 0.3) is 11.6 Å². The van der Waals surface area contributed by atoms with Crippen LogP contribution in [0.1, 0.15) is 35.4 Å². The Morgan fingerprint density at radius 3 is 2.50 bits per heavy atom. The van der Waals surface area contributed by atoms with Gasteiger partial charge >= 0.3 is 0 Å². The first-order valence-corrected chi connectivity index (χ1v) is 16.3. The third-order valence-electron chi connectivity index (χ3n) is 8.83. The molecule has 0 saturated carbocycles. The number of fused-ring (bicyclic) bond motifs is 1. The summed E-state index contributed by atoms with van der Waals surface area (Å²) in [6, 6.07) is 25.7. The maximum Gasteiger partial charge on any atom is 0.234 e. The van der Waals surface area contributed by atoms with Crippen LogP contribution < -0.4 is 4.74 Å². The van der Waals surface area contributed by atoms with Gasteiger partial charge in [0.15, 0.2) is 0 Å². The summed E-state index contributed by atoms with van der Waals surface area (Å²) in [6.45, 7) is -0.0861. The maximum atomic E-state index is 13.8. The van der Waals surface area contributed by atoms with E-state index < -0.39 is 30.5 Å². The third-order valence-corrected chi connectivity index (χ3v) is 9.69. The lowest BCUT2D eigenvalue weighted by molar-refractivity contribution is -0.140. The fraction of sp³-hybridized carbons (Fsp3) is 0.270. The van der Waals surface area contributed by atoms with Crippen LogP contribution >= 0.6 is 11.3 Å². The van der Waals surface area contributed by atoms with Crippen LogP contribution in [0.2, 0.25) is 0 Å². The van der Waals surface area contributed by atoms with E-state index in [-0.39, 0.29) is 43.6 Å². The molecule has 2 aromatic heterocycles. The molecule has 2 aromatic carbocycles. The molecule has 8 nitrogen and oxygen atoms in total. The number of imide groups is 1. The van der Waals surface area contributed by atoms with Crippen molar-refractivity contribution >= 4 is 34.8 Å². The molecule has 0 radical (unpaired) electrons. The van der Waals surface area contributed by atoms with Gasteiger partial charge < -0.3 is 20.1 Å². The van der Waals surface area contributed by atoms with Crippen molar-refractivity contribution in [3.8, 4) is 11.5 Å². The zero-order valence-electron chi connectivity index (χ0n) is 25.2. The summed E-state index contributed by atoms with van der Waals surface area (Å²) in [5.74, 6) is -1.94. The number of aliphatic hydroxyl groups is 2. The van der Waals surface area contributed by atoms with E-state index in [4.69, 9.17) is 4.74 Å². The predicted molar refractivity (Wildman–Crippen MR) is 176 cm³/mol. The summed E-state index contributed by atoms with van der Waals surface area (Å²) < 4.78 is 6.12. The second-order valence-corrected chi connectivity index (χ2v) is 12.7. The Bertz CT molecular complexity index is 1720. The second-order valence-electron chi connectivity index (χ2n) is 11.6. The molecular formula is C37H36N2O6S. The molecule has 1 fully saturated rings. The molecule has 6 rings (SSSR count). The van der Waals surface area contributed by atoms with Crippen molar-refractivity contribution in [1.29, 1.82) is 0 Å². The third kappa shape index (κ3) is 6.67. The fourth-order valence-electron chi connectivity index (χ4n) is 6.63. The molecular weight excluding hydrogens is 600 g/mol. The van der Waals surface area contributed by atoms with Gasteiger partial charge in [-0.1, -0.05) is 48.5 Å². The number of aromatic hydroxyl groups is 1. The first-order chi connectivity index (χ1) is 22.4. The van der Waals surface area contributed by atoms with Crippen LogP contribution in [-0.2, 0) is 16.1 Å². The number of nitrogens with zero attached hydrogens (tertiary/aromatic N) is 2. The van der Waals surface area contributed by atoms with E-state index in [1.807, 2.05) is 84.3 Å². The number of hydrogen-bond acceptors (Lipinski definition) is 8. The lowest BCUT2D eigenvalue weighted by atomic mass is 9.68. The molecule has 3 N–H and O–H groups in total. The van der Waals surface area contributed by atoms with Crippen molar-refractivity contribution in [3.05, 3.63) is 124 Å². The Labute approximate surface area is 271 Å². The number of rotatable bonds is 12. The number of aliphatic hydroxyl groups excluding tert-OH is 2. The van der Waals surface area contributed by atoms with Gasteiger partial charge in [0.2, 0.25) is 11.8 Å². The standard InChI is InChI=1S/C37H36N2O6S/c40-22-30-34(33(42)16-15-24(31-13-6-7-17-38-31)19-25-9-4-5-14-32(25)41)26(23-45-27-10-2-1-3-11-27)20-29-35(30)37(44)39(36(29)43)21-28-12-8-18-46-28/h1-14,17-19,29-30,33,35,40-42H,15-16,20-23H2/b24-19-/t29-,30+,33-,35-/m1/s1. The molecule has 46 heavy (non-hydrogen) atoms. The fourth-order valence-corrected chi connectivity index (χ4v) is 7.32. The minimum absolute atomic E-state index is 0.114. The molecule has 4 atom stereocenters. The van der Waals surface area contributed by atoms with Crippen LogP contribution in [0, 0.1) is 17.8 Å². The summed E-state index contributed by atoms with van der Waals surface area (Å²) in [4.78, 5) is 34.2. The molecule has 9 heteroatoms. The average Bonchev–Trinajstić information content (AvgIpc) is 3.69. The van der Waals surface area contributed by atoms with Gasteiger partial charge in [0.1, 0.15) is 18.1 Å². The highest BCUT2D eigenvalue weighted by atomic mass is 32.1. The largest absolute Gasteiger partial charge is 0.507 e. The normalized spacial score (nSPS) is 20.6. The quantitative estimate of drug-likeness (QED) is 0.134. The molecule has 1 saturated heterocycles. The van der Waals surface area contributed by atoms with Crippen LogP contribution in [0.15, 0.2) is 108 Å². The van der Waals surface area contributed by atoms with Crippen molar-refractivity contribution in [3.63, 3.8) is 0 Å². The zero-order chi connectivity index (χ0) is 32.0. The van der Waals surface area contributed by atoms with Gasteiger partial charge in [-0.05, 0) is 83.8 Å². The number of aromatic nitrogens is 1. The number of hydrogen-bond donors (Lipinski definition) is 3. The van der Waals surface area contributed by atoms with Crippen molar-refractivity contribution in [2.45, 2.75) is 31.9 Å². The monoisotopic (exact) mass is 636 g/mol. The van der Waals surface area contributed by atoms with Gasteiger partial charge in [0.05, 0.1) is 36.8 Å². The number of phenolic OH excluding ortho intramolecular Hbond substituents is 1. The van der Waals surface area contributed by atoms with Gasteiger partial charge in [-0.15, -0.1) is 11.3 Å². The maximum absolute atomic E-state index is 13.8. The van der Waals surface area contributed by atoms with Crippen molar-refractivity contribution < 1.29 is 29.6 Å². The van der Waals surface area contributed by atoms with Crippen LogP contribution in [0.5, 0.6) is 11.5 Å². The van der Waals surface area contributed by atoms with Gasteiger partial charge in [-0.2, -0.15) is 0 Å². The number of thiophene rings is 1. The van der Waals surface area contributed by atoms with Crippen LogP contribution in [0.3, 0.4) is 0 Å². The second kappa shape index (κ2) is 14.2. The van der Waals surface area contributed by atoms with Gasteiger partial charge in [-0.25, -0.2) is 0 Å². The number of ether oxygens (including phenoxy) is 1. The van der Waals surface area contributed by atoms with Crippen molar-refractivity contribution in [2.24, 2.45) is 17.8 Å². The Morgan fingerprint density at radius 2 is 1.78 bits per heavy atom. The number of allylic oxidation sites excluding steroid dienone is 1. The minimum atomic E-state index is -1.03. The Hall–Kier alpha value is -4.57. The van der Waals surface area contributed by atoms with E-state index in [2.05, 4.69) is 4.98 Å². The van der Waals surface area contributed by atoms with Crippen molar-refractivity contribution in [1.82, 2.24) is 9.88 Å². The van der Waals surface area contributed by atoms with E-state index in [0.29, 0.717) is 29.0 Å². The van der Waals surface area contributed by atoms with Gasteiger partial charge in [0.25, 0.3) is 0 Å². The summed E-state index contributed by atoms with van der Waals surface area (Å²) in [7, 11) is 0. The minimum Gasteiger partial charge on any atom is -0.507 e. The number of pyridine rings is 1. The lowest BCUT2D eigenvalue weighted by Gasteiger charge is -2.36. The average molecular weight is 637 g/mol. The molecule has 4 aromatic rings. The Balaban J connectivity index is 1.31. The summed E-state index contributed by atoms with van der Waals surface area (Å²) in [6.07, 6.45) is 3.44. The molecule has 2 amide bonds. The lowest BCUT2D eigenvalue weighted by Crippen LogP contribution is -2.40. The van der Waals surface area contributed by atoms with Crippen LogP contribution in [0.4, 0.5) is 0 Å². The molecule has 1 aliphatic carbocycles. The molecule has 2 aliphatic rings. The highest BCUT2D eigenvalue weighted by Gasteiger charge is 2.54. The molecule has 236 valence electrons. The first kappa shape index (κ1) is 31.4.